The Balaban J connectivity index is 1.59. The van der Waals surface area contributed by atoms with E-state index in [4.69, 9.17) is 14.5 Å². The first kappa shape index (κ1) is 21.8. The minimum atomic E-state index is -3.45. The first-order chi connectivity index (χ1) is 15.0. The number of hydrogen-bond donors (Lipinski definition) is 0. The van der Waals surface area contributed by atoms with Crippen LogP contribution in [-0.2, 0) is 10.0 Å². The molecular weight excluding hydrogens is 432 g/mol. The van der Waals surface area contributed by atoms with Crippen molar-refractivity contribution in [1.82, 2.24) is 9.29 Å². The molecule has 1 aromatic heterocycles. The molecular formula is C23H26N2O4S2. The van der Waals surface area contributed by atoms with Crippen molar-refractivity contribution in [2.45, 2.75) is 30.6 Å². The molecule has 6 nitrogen and oxygen atoms in total. The minimum Gasteiger partial charge on any atom is -0.493 e. The summed E-state index contributed by atoms with van der Waals surface area (Å²) in [5, 5.41) is 2.78. The third-order valence-electron chi connectivity index (χ3n) is 5.49. The molecule has 3 aromatic rings. The topological polar surface area (TPSA) is 68.7 Å². The number of thiazole rings is 1. The fraction of sp³-hybridized carbons (Fsp3) is 0.348. The molecule has 1 aliphatic heterocycles. The van der Waals surface area contributed by atoms with Crippen LogP contribution in [0, 0.1) is 0 Å². The molecule has 164 valence electrons. The predicted molar refractivity (Wildman–Crippen MR) is 123 cm³/mol. The molecule has 2 aromatic carbocycles. The molecule has 0 N–H and O–H groups in total. The minimum absolute atomic E-state index is 0.336. The maximum absolute atomic E-state index is 13.0. The summed E-state index contributed by atoms with van der Waals surface area (Å²) in [6.07, 6.45) is 4.03. The summed E-state index contributed by atoms with van der Waals surface area (Å²) in [6, 6.07) is 12.7. The van der Waals surface area contributed by atoms with Gasteiger partial charge in [-0.3, -0.25) is 0 Å². The molecule has 0 amide bonds. The van der Waals surface area contributed by atoms with E-state index < -0.39 is 10.0 Å². The summed E-state index contributed by atoms with van der Waals surface area (Å²) in [7, 11) is -0.236. The molecule has 0 spiro atoms. The number of ether oxygens (including phenoxy) is 2. The van der Waals surface area contributed by atoms with Gasteiger partial charge in [-0.2, -0.15) is 4.31 Å². The van der Waals surface area contributed by atoms with Gasteiger partial charge in [-0.25, -0.2) is 13.4 Å². The average Bonchev–Trinajstić information content (AvgIpc) is 3.12. The van der Waals surface area contributed by atoms with E-state index in [1.54, 1.807) is 30.7 Å². The van der Waals surface area contributed by atoms with Gasteiger partial charge in [-0.1, -0.05) is 31.0 Å². The van der Waals surface area contributed by atoms with Gasteiger partial charge in [-0.15, -0.1) is 11.3 Å². The molecule has 0 aliphatic carbocycles. The van der Waals surface area contributed by atoms with E-state index in [1.807, 2.05) is 35.7 Å². The molecule has 1 fully saturated rings. The third kappa shape index (κ3) is 4.46. The first-order valence-corrected chi connectivity index (χ1v) is 12.6. The van der Waals surface area contributed by atoms with Crippen molar-refractivity contribution < 1.29 is 17.9 Å². The van der Waals surface area contributed by atoms with E-state index in [0.717, 1.165) is 47.5 Å². The third-order valence-corrected chi connectivity index (χ3v) is 8.28. The van der Waals surface area contributed by atoms with Crippen molar-refractivity contribution in [3.05, 3.63) is 47.8 Å². The Bertz CT molecular complexity index is 1130. The predicted octanol–water partition coefficient (Wildman–Crippen LogP) is 5.06. The second-order valence-electron chi connectivity index (χ2n) is 7.42. The van der Waals surface area contributed by atoms with Crippen LogP contribution in [0.15, 0.2) is 52.7 Å². The van der Waals surface area contributed by atoms with E-state index in [9.17, 15) is 8.42 Å². The molecule has 2 heterocycles. The summed E-state index contributed by atoms with van der Waals surface area (Å²) in [5.41, 5.74) is 2.53. The largest absolute Gasteiger partial charge is 0.493 e. The van der Waals surface area contributed by atoms with Crippen molar-refractivity contribution in [2.75, 3.05) is 27.3 Å². The fourth-order valence-electron chi connectivity index (χ4n) is 3.81. The van der Waals surface area contributed by atoms with Gasteiger partial charge in [0.05, 0.1) is 30.4 Å². The molecule has 0 saturated carbocycles. The first-order valence-electron chi connectivity index (χ1n) is 10.3. The van der Waals surface area contributed by atoms with E-state index >= 15 is 0 Å². The molecule has 0 unspecified atom stereocenters. The highest BCUT2D eigenvalue weighted by Gasteiger charge is 2.25. The molecule has 1 saturated heterocycles. The Morgan fingerprint density at radius 3 is 2.29 bits per heavy atom. The molecule has 31 heavy (non-hydrogen) atoms. The van der Waals surface area contributed by atoms with Crippen LogP contribution in [-0.4, -0.2) is 45.0 Å². The van der Waals surface area contributed by atoms with Gasteiger partial charge in [0, 0.05) is 24.0 Å². The maximum atomic E-state index is 13.0. The molecule has 0 atom stereocenters. The number of benzene rings is 2. The van der Waals surface area contributed by atoms with E-state index in [-0.39, 0.29) is 0 Å². The van der Waals surface area contributed by atoms with Crippen LogP contribution in [0.5, 0.6) is 11.5 Å². The molecule has 4 rings (SSSR count). The van der Waals surface area contributed by atoms with Crippen LogP contribution >= 0.6 is 11.3 Å². The zero-order chi connectivity index (χ0) is 21.8. The lowest BCUT2D eigenvalue weighted by Crippen LogP contribution is -2.31. The van der Waals surface area contributed by atoms with Crippen LogP contribution in [0.1, 0.15) is 25.7 Å². The van der Waals surface area contributed by atoms with Crippen LogP contribution in [0.4, 0.5) is 0 Å². The van der Waals surface area contributed by atoms with E-state index in [0.29, 0.717) is 29.5 Å². The fourth-order valence-corrected chi connectivity index (χ4v) is 6.18. The second kappa shape index (κ2) is 9.38. The zero-order valence-electron chi connectivity index (χ0n) is 17.7. The lowest BCUT2D eigenvalue weighted by Gasteiger charge is -2.20. The monoisotopic (exact) mass is 458 g/mol. The lowest BCUT2D eigenvalue weighted by atomic mass is 10.1. The summed E-state index contributed by atoms with van der Waals surface area (Å²) in [4.78, 5) is 5.09. The Labute approximate surface area is 187 Å². The Morgan fingerprint density at radius 2 is 1.65 bits per heavy atom. The van der Waals surface area contributed by atoms with Gasteiger partial charge in [0.2, 0.25) is 10.0 Å². The van der Waals surface area contributed by atoms with Crippen LogP contribution < -0.4 is 9.47 Å². The van der Waals surface area contributed by atoms with Gasteiger partial charge in [0.15, 0.2) is 11.5 Å². The Hall–Kier alpha value is -2.42. The number of hydrogen-bond acceptors (Lipinski definition) is 6. The van der Waals surface area contributed by atoms with Crippen molar-refractivity contribution in [3.8, 4) is 33.3 Å². The van der Waals surface area contributed by atoms with Gasteiger partial charge in [0.25, 0.3) is 0 Å². The molecule has 8 heteroatoms. The van der Waals surface area contributed by atoms with Crippen LogP contribution in [0.3, 0.4) is 0 Å². The lowest BCUT2D eigenvalue weighted by molar-refractivity contribution is 0.356. The van der Waals surface area contributed by atoms with Crippen molar-refractivity contribution in [2.24, 2.45) is 0 Å². The summed E-state index contributed by atoms with van der Waals surface area (Å²) >= 11 is 1.51. The highest BCUT2D eigenvalue weighted by atomic mass is 32.2. The Kier molecular flexibility index (Phi) is 6.60. The quantitative estimate of drug-likeness (QED) is 0.516. The number of sulfonamides is 1. The zero-order valence-corrected chi connectivity index (χ0v) is 19.3. The Morgan fingerprint density at radius 1 is 0.935 bits per heavy atom. The molecule has 0 radical (unpaired) electrons. The number of methoxy groups -OCH3 is 2. The highest BCUT2D eigenvalue weighted by molar-refractivity contribution is 7.89. The normalized spacial score (nSPS) is 15.4. The van der Waals surface area contributed by atoms with E-state index in [1.165, 1.54) is 11.3 Å². The van der Waals surface area contributed by atoms with Gasteiger partial charge in [-0.05, 0) is 37.1 Å². The average molecular weight is 459 g/mol. The van der Waals surface area contributed by atoms with Crippen molar-refractivity contribution >= 4 is 21.4 Å². The molecule has 1 aliphatic rings. The summed E-state index contributed by atoms with van der Waals surface area (Å²) in [6.45, 7) is 1.20. The highest BCUT2D eigenvalue weighted by Crippen LogP contribution is 2.40. The van der Waals surface area contributed by atoms with Crippen LogP contribution in [0.25, 0.3) is 21.8 Å². The van der Waals surface area contributed by atoms with Crippen LogP contribution in [0.2, 0.25) is 0 Å². The second-order valence-corrected chi connectivity index (χ2v) is 10.2. The number of nitrogens with zero attached hydrogens (tertiary/aromatic N) is 2. The number of para-hydroxylation sites is 1. The number of rotatable bonds is 6. The van der Waals surface area contributed by atoms with Crippen molar-refractivity contribution in [1.29, 1.82) is 0 Å². The standard InChI is InChI=1S/C23H26N2O4S2/c1-28-21-9-7-8-19(22(21)29-2)23-24-20(16-30-23)17-10-12-18(13-11-17)31(26,27)25-14-5-3-4-6-15-25/h7-13,16H,3-6,14-15H2,1-2H3. The van der Waals surface area contributed by atoms with E-state index in [2.05, 4.69) is 0 Å². The van der Waals surface area contributed by atoms with Gasteiger partial charge in [0.1, 0.15) is 5.01 Å². The number of aromatic nitrogens is 1. The summed E-state index contributed by atoms with van der Waals surface area (Å²) in [5.74, 6) is 1.30. The van der Waals surface area contributed by atoms with Gasteiger partial charge < -0.3 is 9.47 Å². The maximum Gasteiger partial charge on any atom is 0.243 e. The summed E-state index contributed by atoms with van der Waals surface area (Å²) < 4.78 is 38.5. The smallest absolute Gasteiger partial charge is 0.243 e. The van der Waals surface area contributed by atoms with Gasteiger partial charge >= 0.3 is 0 Å². The SMILES string of the molecule is COc1cccc(-c2nc(-c3ccc(S(=O)(=O)N4CCCCCC4)cc3)cs2)c1OC. The van der Waals surface area contributed by atoms with Crippen molar-refractivity contribution in [3.63, 3.8) is 0 Å². The molecule has 0 bridgehead atoms.